The van der Waals surface area contributed by atoms with E-state index in [1.807, 2.05) is 7.05 Å². The minimum absolute atomic E-state index is 0.0892. The van der Waals surface area contributed by atoms with Gasteiger partial charge in [-0.05, 0) is 32.6 Å². The van der Waals surface area contributed by atoms with Crippen LogP contribution in [0.5, 0.6) is 5.75 Å². The maximum Gasteiger partial charge on any atom is 0.308 e. The second-order valence-corrected chi connectivity index (χ2v) is 5.39. The molecule has 0 atom stereocenters. The summed E-state index contributed by atoms with van der Waals surface area (Å²) in [5, 5.41) is 14.5. The zero-order valence-corrected chi connectivity index (χ0v) is 12.0. The molecule has 20 heavy (non-hydrogen) atoms. The first-order chi connectivity index (χ1) is 9.52. The first-order valence-corrected chi connectivity index (χ1v) is 7.03. The molecule has 1 aliphatic rings. The van der Waals surface area contributed by atoms with Crippen molar-refractivity contribution in [3.05, 3.63) is 12.4 Å². The molecule has 0 spiro atoms. The highest BCUT2D eigenvalue weighted by molar-refractivity contribution is 5.72. The summed E-state index contributed by atoms with van der Waals surface area (Å²) in [7, 11) is 1.81. The number of aryl methyl sites for hydroxylation is 1. The molecule has 2 rings (SSSR count). The molecule has 1 aliphatic carbocycles. The van der Waals surface area contributed by atoms with Crippen molar-refractivity contribution in [2.24, 2.45) is 13.0 Å². The van der Waals surface area contributed by atoms with Crippen LogP contribution in [0, 0.1) is 5.92 Å². The third-order valence-corrected chi connectivity index (χ3v) is 3.72. The van der Waals surface area contributed by atoms with E-state index in [2.05, 4.69) is 5.10 Å². The van der Waals surface area contributed by atoms with Crippen LogP contribution in [0.25, 0.3) is 0 Å². The second kappa shape index (κ2) is 6.26. The molecule has 1 fully saturated rings. The standard InChI is InChI=1S/C14H22N2O4/c1-3-19-13(17)11-4-6-14(18,7-5-11)10-20-12-8-15-16(2)9-12/h8-9,11,18H,3-7,10H2,1-2H3. The van der Waals surface area contributed by atoms with E-state index >= 15 is 0 Å². The van der Waals surface area contributed by atoms with E-state index in [0.29, 0.717) is 38.0 Å². The Labute approximate surface area is 118 Å². The SMILES string of the molecule is CCOC(=O)C1CCC(O)(COc2cnn(C)c2)CC1. The van der Waals surface area contributed by atoms with Crippen LogP contribution in [0.4, 0.5) is 0 Å². The Kier molecular flexibility index (Phi) is 4.65. The Balaban J connectivity index is 1.80. The number of hydrogen-bond donors (Lipinski definition) is 1. The predicted octanol–water partition coefficient (Wildman–Crippen LogP) is 1.28. The Bertz CT molecular complexity index is 450. The number of aromatic nitrogens is 2. The molecule has 0 bridgehead atoms. The lowest BCUT2D eigenvalue weighted by Crippen LogP contribution is -2.41. The molecule has 0 unspecified atom stereocenters. The minimum atomic E-state index is -0.862. The molecule has 0 amide bonds. The van der Waals surface area contributed by atoms with Gasteiger partial charge in [-0.3, -0.25) is 9.48 Å². The summed E-state index contributed by atoms with van der Waals surface area (Å²) in [5.74, 6) is 0.407. The fourth-order valence-corrected chi connectivity index (χ4v) is 2.49. The van der Waals surface area contributed by atoms with Gasteiger partial charge in [-0.1, -0.05) is 0 Å². The first kappa shape index (κ1) is 14.8. The maximum absolute atomic E-state index is 11.6. The van der Waals surface area contributed by atoms with Crippen molar-refractivity contribution in [3.63, 3.8) is 0 Å². The molecule has 0 aliphatic heterocycles. The van der Waals surface area contributed by atoms with Crippen LogP contribution in [0.3, 0.4) is 0 Å². The van der Waals surface area contributed by atoms with E-state index in [9.17, 15) is 9.90 Å². The summed E-state index contributed by atoms with van der Waals surface area (Å²) < 4.78 is 12.2. The Morgan fingerprint density at radius 1 is 1.55 bits per heavy atom. The molecule has 6 heteroatoms. The van der Waals surface area contributed by atoms with Crippen molar-refractivity contribution in [1.82, 2.24) is 9.78 Å². The van der Waals surface area contributed by atoms with E-state index in [0.717, 1.165) is 0 Å². The number of hydrogen-bond acceptors (Lipinski definition) is 5. The normalized spacial score (nSPS) is 26.2. The van der Waals surface area contributed by atoms with E-state index < -0.39 is 5.60 Å². The zero-order valence-electron chi connectivity index (χ0n) is 12.0. The molecule has 0 aromatic carbocycles. The Hall–Kier alpha value is -1.56. The lowest BCUT2D eigenvalue weighted by molar-refractivity contribution is -0.151. The first-order valence-electron chi connectivity index (χ1n) is 7.03. The highest BCUT2D eigenvalue weighted by atomic mass is 16.5. The molecular formula is C14H22N2O4. The highest BCUT2D eigenvalue weighted by Crippen LogP contribution is 2.33. The summed E-state index contributed by atoms with van der Waals surface area (Å²) in [6.07, 6.45) is 5.77. The average Bonchev–Trinajstić information content (AvgIpc) is 2.84. The average molecular weight is 282 g/mol. The van der Waals surface area contributed by atoms with Gasteiger partial charge in [0.1, 0.15) is 6.61 Å². The van der Waals surface area contributed by atoms with Gasteiger partial charge in [-0.25, -0.2) is 0 Å². The van der Waals surface area contributed by atoms with Crippen LogP contribution in [0.15, 0.2) is 12.4 Å². The van der Waals surface area contributed by atoms with Crippen molar-refractivity contribution in [2.75, 3.05) is 13.2 Å². The number of esters is 1. The third-order valence-electron chi connectivity index (χ3n) is 3.72. The Morgan fingerprint density at radius 3 is 2.80 bits per heavy atom. The fourth-order valence-electron chi connectivity index (χ4n) is 2.49. The van der Waals surface area contributed by atoms with Gasteiger partial charge in [0.05, 0.1) is 30.5 Å². The van der Waals surface area contributed by atoms with Crippen molar-refractivity contribution in [1.29, 1.82) is 0 Å². The number of nitrogens with zero attached hydrogens (tertiary/aromatic N) is 2. The molecule has 0 radical (unpaired) electrons. The molecule has 1 aromatic heterocycles. The topological polar surface area (TPSA) is 73.6 Å². The lowest BCUT2D eigenvalue weighted by atomic mass is 9.79. The maximum atomic E-state index is 11.6. The van der Waals surface area contributed by atoms with Crippen molar-refractivity contribution in [2.45, 2.75) is 38.2 Å². The zero-order chi connectivity index (χ0) is 14.6. The number of carbonyl (C=O) groups excluding carboxylic acids is 1. The number of rotatable bonds is 5. The van der Waals surface area contributed by atoms with Crippen LogP contribution < -0.4 is 4.74 Å². The van der Waals surface area contributed by atoms with Gasteiger partial charge in [0.25, 0.3) is 0 Å². The van der Waals surface area contributed by atoms with Gasteiger partial charge < -0.3 is 14.6 Å². The van der Waals surface area contributed by atoms with Gasteiger partial charge in [0.2, 0.25) is 0 Å². The number of ether oxygens (including phenoxy) is 2. The summed E-state index contributed by atoms with van der Waals surface area (Å²) in [5.41, 5.74) is -0.862. The van der Waals surface area contributed by atoms with Crippen molar-refractivity contribution >= 4 is 5.97 Å². The van der Waals surface area contributed by atoms with Crippen molar-refractivity contribution in [3.8, 4) is 5.75 Å². The minimum Gasteiger partial charge on any atom is -0.487 e. The predicted molar refractivity (Wildman–Crippen MR) is 72.2 cm³/mol. The van der Waals surface area contributed by atoms with E-state index in [4.69, 9.17) is 9.47 Å². The smallest absolute Gasteiger partial charge is 0.308 e. The van der Waals surface area contributed by atoms with Crippen LogP contribution in [0.2, 0.25) is 0 Å². The quantitative estimate of drug-likeness (QED) is 0.824. The Morgan fingerprint density at radius 2 is 2.25 bits per heavy atom. The number of aliphatic hydroxyl groups is 1. The molecule has 112 valence electrons. The number of carbonyl (C=O) groups is 1. The van der Waals surface area contributed by atoms with Gasteiger partial charge in [0.15, 0.2) is 5.75 Å². The molecule has 6 nitrogen and oxygen atoms in total. The third kappa shape index (κ3) is 3.72. The molecule has 1 saturated carbocycles. The van der Waals surface area contributed by atoms with E-state index in [1.54, 1.807) is 24.0 Å². The lowest BCUT2D eigenvalue weighted by Gasteiger charge is -2.34. The summed E-state index contributed by atoms with van der Waals surface area (Å²) in [4.78, 5) is 11.6. The summed E-state index contributed by atoms with van der Waals surface area (Å²) >= 11 is 0. The summed E-state index contributed by atoms with van der Waals surface area (Å²) in [6, 6.07) is 0. The monoisotopic (exact) mass is 282 g/mol. The van der Waals surface area contributed by atoms with Crippen molar-refractivity contribution < 1.29 is 19.4 Å². The molecule has 1 N–H and O–H groups in total. The molecule has 0 saturated heterocycles. The van der Waals surface area contributed by atoms with Gasteiger partial charge in [0, 0.05) is 7.05 Å². The van der Waals surface area contributed by atoms with E-state index in [-0.39, 0.29) is 18.5 Å². The van der Waals surface area contributed by atoms with Crippen LogP contribution in [-0.2, 0) is 16.6 Å². The van der Waals surface area contributed by atoms with Gasteiger partial charge in [-0.15, -0.1) is 0 Å². The fraction of sp³-hybridized carbons (Fsp3) is 0.714. The van der Waals surface area contributed by atoms with Crippen LogP contribution in [-0.4, -0.2) is 39.7 Å². The van der Waals surface area contributed by atoms with Gasteiger partial charge >= 0.3 is 5.97 Å². The molecule has 1 heterocycles. The van der Waals surface area contributed by atoms with Gasteiger partial charge in [-0.2, -0.15) is 5.10 Å². The molecular weight excluding hydrogens is 260 g/mol. The van der Waals surface area contributed by atoms with Crippen LogP contribution in [0.1, 0.15) is 32.6 Å². The van der Waals surface area contributed by atoms with Crippen LogP contribution >= 0.6 is 0 Å². The van der Waals surface area contributed by atoms with E-state index in [1.165, 1.54) is 0 Å². The molecule has 1 aromatic rings. The highest BCUT2D eigenvalue weighted by Gasteiger charge is 2.37. The second-order valence-electron chi connectivity index (χ2n) is 5.39. The summed E-state index contributed by atoms with van der Waals surface area (Å²) in [6.45, 7) is 2.44. The largest absolute Gasteiger partial charge is 0.487 e.